The van der Waals surface area contributed by atoms with Crippen molar-refractivity contribution in [1.29, 1.82) is 0 Å². The van der Waals surface area contributed by atoms with Gasteiger partial charge in [0.15, 0.2) is 5.82 Å². The van der Waals surface area contributed by atoms with Crippen molar-refractivity contribution in [3.63, 3.8) is 0 Å². The summed E-state index contributed by atoms with van der Waals surface area (Å²) in [4.78, 5) is 15.9. The SMILES string of the molecule is Cc1nc([C@@H]2CCCN2S(C)(=O)=O)n(-c2ccccc2C(=O)O)n1. The molecule has 24 heavy (non-hydrogen) atoms. The van der Waals surface area contributed by atoms with E-state index in [0.717, 1.165) is 6.42 Å². The van der Waals surface area contributed by atoms with Crippen molar-refractivity contribution in [3.8, 4) is 5.69 Å². The van der Waals surface area contributed by atoms with Gasteiger partial charge >= 0.3 is 5.97 Å². The minimum Gasteiger partial charge on any atom is -0.478 e. The molecule has 0 spiro atoms. The fraction of sp³-hybridized carbons (Fsp3) is 0.400. The highest BCUT2D eigenvalue weighted by atomic mass is 32.2. The molecule has 1 aromatic heterocycles. The molecule has 1 aliphatic heterocycles. The predicted octanol–water partition coefficient (Wildman–Crippen LogP) is 1.37. The largest absolute Gasteiger partial charge is 0.478 e. The number of carbonyl (C=O) groups is 1. The van der Waals surface area contributed by atoms with Crippen LogP contribution in [0, 0.1) is 6.92 Å². The molecule has 1 saturated heterocycles. The van der Waals surface area contributed by atoms with Crippen LogP contribution in [0.25, 0.3) is 5.69 Å². The van der Waals surface area contributed by atoms with Crippen LogP contribution in [0.4, 0.5) is 0 Å². The van der Waals surface area contributed by atoms with Gasteiger partial charge in [-0.05, 0) is 31.9 Å². The molecule has 1 aromatic carbocycles. The van der Waals surface area contributed by atoms with Crippen LogP contribution in [0.15, 0.2) is 24.3 Å². The summed E-state index contributed by atoms with van der Waals surface area (Å²) in [6.07, 6.45) is 2.52. The summed E-state index contributed by atoms with van der Waals surface area (Å²) in [5.41, 5.74) is 0.466. The second-order valence-corrected chi connectivity index (χ2v) is 7.72. The molecule has 128 valence electrons. The van der Waals surface area contributed by atoms with Crippen LogP contribution >= 0.6 is 0 Å². The number of benzene rings is 1. The Morgan fingerprint density at radius 3 is 2.71 bits per heavy atom. The molecular weight excluding hydrogens is 332 g/mol. The number of aromatic carboxylic acids is 1. The van der Waals surface area contributed by atoms with Crippen LogP contribution < -0.4 is 0 Å². The number of rotatable bonds is 4. The van der Waals surface area contributed by atoms with Crippen molar-refractivity contribution in [2.24, 2.45) is 0 Å². The second-order valence-electron chi connectivity index (χ2n) is 5.78. The molecule has 0 radical (unpaired) electrons. The van der Waals surface area contributed by atoms with E-state index in [2.05, 4.69) is 10.1 Å². The molecule has 0 unspecified atom stereocenters. The lowest BCUT2D eigenvalue weighted by atomic mass is 10.1. The van der Waals surface area contributed by atoms with Gasteiger partial charge in [0, 0.05) is 6.54 Å². The highest BCUT2D eigenvalue weighted by Gasteiger charge is 2.36. The quantitative estimate of drug-likeness (QED) is 0.893. The molecule has 3 rings (SSSR count). The minimum absolute atomic E-state index is 0.0903. The fourth-order valence-electron chi connectivity index (χ4n) is 3.06. The van der Waals surface area contributed by atoms with Gasteiger partial charge in [-0.2, -0.15) is 9.40 Å². The lowest BCUT2D eigenvalue weighted by Crippen LogP contribution is -2.31. The van der Waals surface area contributed by atoms with Gasteiger partial charge < -0.3 is 5.11 Å². The third-order valence-electron chi connectivity index (χ3n) is 4.03. The highest BCUT2D eigenvalue weighted by molar-refractivity contribution is 7.88. The van der Waals surface area contributed by atoms with Crippen LogP contribution in [-0.2, 0) is 10.0 Å². The van der Waals surface area contributed by atoms with E-state index in [-0.39, 0.29) is 5.56 Å². The average Bonchev–Trinajstić information content (AvgIpc) is 3.12. The molecular formula is C15H18N4O4S. The topological polar surface area (TPSA) is 105 Å². The number of carboxylic acids is 1. The Bertz CT molecular complexity index is 891. The molecule has 1 N–H and O–H groups in total. The monoisotopic (exact) mass is 350 g/mol. The van der Waals surface area contributed by atoms with Crippen molar-refractivity contribution in [2.45, 2.75) is 25.8 Å². The lowest BCUT2D eigenvalue weighted by molar-refractivity contribution is 0.0696. The number of hydrogen-bond donors (Lipinski definition) is 1. The van der Waals surface area contributed by atoms with E-state index >= 15 is 0 Å². The molecule has 8 nitrogen and oxygen atoms in total. The van der Waals surface area contributed by atoms with Crippen molar-refractivity contribution in [3.05, 3.63) is 41.5 Å². The Labute approximate surface area is 139 Å². The zero-order chi connectivity index (χ0) is 17.5. The Kier molecular flexibility index (Phi) is 4.14. The molecule has 1 atom stereocenters. The van der Waals surface area contributed by atoms with E-state index in [1.807, 2.05) is 0 Å². The third kappa shape index (κ3) is 2.92. The van der Waals surface area contributed by atoms with Gasteiger partial charge in [-0.25, -0.2) is 22.9 Å². The van der Waals surface area contributed by atoms with Crippen molar-refractivity contribution in [1.82, 2.24) is 19.1 Å². The first kappa shape index (κ1) is 16.6. The summed E-state index contributed by atoms with van der Waals surface area (Å²) in [5, 5.41) is 13.7. The standard InChI is InChI=1S/C15H18N4O4S/c1-10-16-14(13-8-5-9-18(13)24(2,22)23)19(17-10)12-7-4-3-6-11(12)15(20)21/h3-4,6-7,13H,5,8-9H2,1-2H3,(H,20,21)/t13-/m0/s1. The zero-order valence-electron chi connectivity index (χ0n) is 13.4. The van der Waals surface area contributed by atoms with Crippen LogP contribution in [0.1, 0.15) is 40.9 Å². The number of para-hydroxylation sites is 1. The van der Waals surface area contributed by atoms with Crippen LogP contribution in [0.2, 0.25) is 0 Å². The van der Waals surface area contributed by atoms with E-state index in [1.54, 1.807) is 25.1 Å². The normalized spacial score (nSPS) is 18.8. The van der Waals surface area contributed by atoms with Crippen molar-refractivity contribution >= 4 is 16.0 Å². The maximum Gasteiger partial charge on any atom is 0.337 e. The Balaban J connectivity index is 2.15. The van der Waals surface area contributed by atoms with E-state index in [4.69, 9.17) is 0 Å². The molecule has 0 aliphatic carbocycles. The first-order valence-electron chi connectivity index (χ1n) is 7.52. The smallest absolute Gasteiger partial charge is 0.337 e. The fourth-order valence-corrected chi connectivity index (χ4v) is 4.18. The number of aromatic nitrogens is 3. The molecule has 0 bridgehead atoms. The first-order valence-corrected chi connectivity index (χ1v) is 9.37. The Morgan fingerprint density at radius 2 is 2.04 bits per heavy atom. The van der Waals surface area contributed by atoms with Gasteiger partial charge in [0.25, 0.3) is 0 Å². The molecule has 0 amide bonds. The summed E-state index contributed by atoms with van der Waals surface area (Å²) in [5.74, 6) is -0.161. The number of aryl methyl sites for hydroxylation is 1. The van der Waals surface area contributed by atoms with Gasteiger partial charge in [0.2, 0.25) is 10.0 Å². The van der Waals surface area contributed by atoms with E-state index in [0.29, 0.717) is 30.3 Å². The summed E-state index contributed by atoms with van der Waals surface area (Å²) in [6, 6.07) is 6.03. The third-order valence-corrected chi connectivity index (χ3v) is 5.32. The van der Waals surface area contributed by atoms with E-state index in [1.165, 1.54) is 21.3 Å². The van der Waals surface area contributed by atoms with Gasteiger partial charge in [0.1, 0.15) is 5.82 Å². The van der Waals surface area contributed by atoms with E-state index in [9.17, 15) is 18.3 Å². The number of sulfonamides is 1. The van der Waals surface area contributed by atoms with Crippen molar-refractivity contribution < 1.29 is 18.3 Å². The summed E-state index contributed by atoms with van der Waals surface area (Å²) >= 11 is 0. The predicted molar refractivity (Wildman–Crippen MR) is 86.6 cm³/mol. The van der Waals surface area contributed by atoms with E-state index < -0.39 is 22.0 Å². The number of carboxylic acid groups (broad SMARTS) is 1. The summed E-state index contributed by atoms with van der Waals surface area (Å²) in [6.45, 7) is 2.12. The Hall–Kier alpha value is -2.26. The molecule has 9 heteroatoms. The summed E-state index contributed by atoms with van der Waals surface area (Å²) < 4.78 is 26.9. The molecule has 2 heterocycles. The van der Waals surface area contributed by atoms with Gasteiger partial charge in [-0.3, -0.25) is 0 Å². The Morgan fingerprint density at radius 1 is 1.33 bits per heavy atom. The molecule has 2 aromatic rings. The van der Waals surface area contributed by atoms with Crippen LogP contribution in [-0.4, -0.2) is 51.4 Å². The average molecular weight is 350 g/mol. The molecule has 1 aliphatic rings. The maximum absolute atomic E-state index is 12.0. The van der Waals surface area contributed by atoms with Crippen molar-refractivity contribution in [2.75, 3.05) is 12.8 Å². The molecule has 0 saturated carbocycles. The second kappa shape index (κ2) is 5.99. The van der Waals surface area contributed by atoms with Gasteiger partial charge in [-0.15, -0.1) is 0 Å². The number of hydrogen-bond acceptors (Lipinski definition) is 5. The summed E-state index contributed by atoms with van der Waals surface area (Å²) in [7, 11) is -3.38. The minimum atomic E-state index is -3.38. The highest BCUT2D eigenvalue weighted by Crippen LogP contribution is 2.34. The number of nitrogens with zero attached hydrogens (tertiary/aromatic N) is 4. The molecule has 1 fully saturated rings. The van der Waals surface area contributed by atoms with Gasteiger partial charge in [-0.1, -0.05) is 12.1 Å². The van der Waals surface area contributed by atoms with Crippen LogP contribution in [0.3, 0.4) is 0 Å². The zero-order valence-corrected chi connectivity index (χ0v) is 14.2. The van der Waals surface area contributed by atoms with Crippen LogP contribution in [0.5, 0.6) is 0 Å². The lowest BCUT2D eigenvalue weighted by Gasteiger charge is -2.22. The first-order chi connectivity index (χ1) is 11.3. The maximum atomic E-state index is 12.0. The van der Waals surface area contributed by atoms with Gasteiger partial charge in [0.05, 0.1) is 23.5 Å².